The molecule has 0 amide bonds. The lowest BCUT2D eigenvalue weighted by Crippen LogP contribution is -3.00. The predicted molar refractivity (Wildman–Crippen MR) is 116 cm³/mol. The number of ether oxygens (including phenoxy) is 2. The van der Waals surface area contributed by atoms with Crippen LogP contribution in [0.3, 0.4) is 0 Å². The van der Waals surface area contributed by atoms with Crippen molar-refractivity contribution >= 4 is 28.2 Å². The SMILES string of the molecule is COc1cc(/C=C/C2=[N+](C)c3ccc4ccccc4c3C2(C)C)cc(OC)c1.[I-]. The van der Waals surface area contributed by atoms with E-state index in [0.717, 1.165) is 17.1 Å². The average molecular weight is 499 g/mol. The van der Waals surface area contributed by atoms with Crippen LogP contribution in [0.5, 0.6) is 11.5 Å². The Hall–Kier alpha value is -2.34. The van der Waals surface area contributed by atoms with Crippen LogP contribution in [0.15, 0.2) is 60.7 Å². The molecule has 29 heavy (non-hydrogen) atoms. The number of rotatable bonds is 4. The molecule has 0 bridgehead atoms. The zero-order valence-corrected chi connectivity index (χ0v) is 19.7. The van der Waals surface area contributed by atoms with Crippen LogP contribution in [0.1, 0.15) is 25.0 Å². The van der Waals surface area contributed by atoms with Gasteiger partial charge in [-0.3, -0.25) is 0 Å². The summed E-state index contributed by atoms with van der Waals surface area (Å²) in [6.45, 7) is 4.60. The number of benzene rings is 3. The van der Waals surface area contributed by atoms with Crippen LogP contribution < -0.4 is 33.5 Å². The van der Waals surface area contributed by atoms with Crippen LogP contribution in [-0.4, -0.2) is 31.6 Å². The topological polar surface area (TPSA) is 21.5 Å². The molecule has 0 spiro atoms. The second kappa shape index (κ2) is 8.19. The van der Waals surface area contributed by atoms with E-state index in [-0.39, 0.29) is 29.4 Å². The first-order valence-corrected chi connectivity index (χ1v) is 9.50. The Morgan fingerprint density at radius 2 is 1.52 bits per heavy atom. The molecule has 1 heterocycles. The normalized spacial score (nSPS) is 14.8. The predicted octanol–water partition coefficient (Wildman–Crippen LogP) is 2.58. The fourth-order valence-corrected chi connectivity index (χ4v) is 4.29. The molecule has 0 N–H and O–H groups in total. The summed E-state index contributed by atoms with van der Waals surface area (Å²) in [4.78, 5) is 0. The van der Waals surface area contributed by atoms with E-state index < -0.39 is 0 Å². The zero-order valence-electron chi connectivity index (χ0n) is 17.5. The van der Waals surface area contributed by atoms with E-state index >= 15 is 0 Å². The van der Waals surface area contributed by atoms with E-state index in [1.165, 1.54) is 27.7 Å². The van der Waals surface area contributed by atoms with Crippen LogP contribution in [0.2, 0.25) is 0 Å². The number of methoxy groups -OCH3 is 2. The van der Waals surface area contributed by atoms with Crippen molar-refractivity contribution in [3.8, 4) is 11.5 Å². The highest BCUT2D eigenvalue weighted by Gasteiger charge is 2.44. The summed E-state index contributed by atoms with van der Waals surface area (Å²) in [6.07, 6.45) is 4.34. The van der Waals surface area contributed by atoms with Crippen molar-refractivity contribution in [2.24, 2.45) is 0 Å². The van der Waals surface area contributed by atoms with Gasteiger partial charge < -0.3 is 33.5 Å². The lowest BCUT2D eigenvalue weighted by atomic mass is 9.79. The average Bonchev–Trinajstić information content (AvgIpc) is 2.91. The summed E-state index contributed by atoms with van der Waals surface area (Å²) < 4.78 is 13.1. The Labute approximate surface area is 189 Å². The van der Waals surface area contributed by atoms with Gasteiger partial charge in [0.1, 0.15) is 18.5 Å². The maximum Gasteiger partial charge on any atom is 0.210 e. The number of halogens is 1. The fraction of sp³-hybridized carbons (Fsp3) is 0.240. The van der Waals surface area contributed by atoms with Crippen LogP contribution in [-0.2, 0) is 5.41 Å². The van der Waals surface area contributed by atoms with Crippen LogP contribution in [0, 0.1) is 0 Å². The smallest absolute Gasteiger partial charge is 0.210 e. The molecule has 1 aliphatic heterocycles. The molecule has 3 aromatic rings. The molecule has 0 saturated carbocycles. The van der Waals surface area contributed by atoms with E-state index in [0.29, 0.717) is 0 Å². The number of hydrogen-bond donors (Lipinski definition) is 0. The summed E-state index contributed by atoms with van der Waals surface area (Å²) in [7, 11) is 5.49. The van der Waals surface area contributed by atoms with Gasteiger partial charge in [-0.15, -0.1) is 0 Å². The van der Waals surface area contributed by atoms with Crippen molar-refractivity contribution in [2.75, 3.05) is 21.3 Å². The van der Waals surface area contributed by atoms with E-state index in [1.807, 2.05) is 18.2 Å². The molecular weight excluding hydrogens is 473 g/mol. The molecule has 3 nitrogen and oxygen atoms in total. The second-order valence-electron chi connectivity index (χ2n) is 7.73. The van der Waals surface area contributed by atoms with E-state index in [9.17, 15) is 0 Å². The molecule has 1 aliphatic rings. The lowest BCUT2D eigenvalue weighted by Gasteiger charge is -2.17. The maximum absolute atomic E-state index is 5.40. The van der Waals surface area contributed by atoms with Gasteiger partial charge in [-0.2, -0.15) is 4.58 Å². The largest absolute Gasteiger partial charge is 1.00 e. The quantitative estimate of drug-likeness (QED) is 0.407. The summed E-state index contributed by atoms with van der Waals surface area (Å²) >= 11 is 0. The summed E-state index contributed by atoms with van der Waals surface area (Å²) in [5, 5.41) is 2.61. The minimum Gasteiger partial charge on any atom is -1.00 e. The van der Waals surface area contributed by atoms with Gasteiger partial charge in [0.25, 0.3) is 0 Å². The Kier molecular flexibility index (Phi) is 6.03. The van der Waals surface area contributed by atoms with Crippen LogP contribution >= 0.6 is 0 Å². The first-order valence-electron chi connectivity index (χ1n) is 9.50. The molecule has 0 unspecified atom stereocenters. The molecule has 150 valence electrons. The van der Waals surface area contributed by atoms with Crippen molar-refractivity contribution in [2.45, 2.75) is 19.3 Å². The van der Waals surface area contributed by atoms with Gasteiger partial charge in [-0.05, 0) is 54.5 Å². The van der Waals surface area contributed by atoms with Crippen molar-refractivity contribution in [3.63, 3.8) is 0 Å². The maximum atomic E-state index is 5.40. The van der Waals surface area contributed by atoms with E-state index in [1.54, 1.807) is 14.2 Å². The molecule has 0 radical (unpaired) electrons. The highest BCUT2D eigenvalue weighted by Crippen LogP contribution is 2.43. The highest BCUT2D eigenvalue weighted by atomic mass is 127. The number of nitrogens with zero attached hydrogens (tertiary/aromatic N) is 1. The van der Waals surface area contributed by atoms with Gasteiger partial charge in [0, 0.05) is 23.8 Å². The Morgan fingerprint density at radius 3 is 2.17 bits per heavy atom. The molecular formula is C25H26INO2. The molecule has 0 aromatic heterocycles. The van der Waals surface area contributed by atoms with Crippen molar-refractivity contribution < 1.29 is 38.0 Å². The van der Waals surface area contributed by atoms with Gasteiger partial charge in [-0.1, -0.05) is 24.3 Å². The van der Waals surface area contributed by atoms with Gasteiger partial charge in [-0.25, -0.2) is 0 Å². The van der Waals surface area contributed by atoms with Crippen molar-refractivity contribution in [1.29, 1.82) is 0 Å². The minimum atomic E-state index is -0.0929. The van der Waals surface area contributed by atoms with Gasteiger partial charge in [0.2, 0.25) is 5.69 Å². The third-order valence-corrected chi connectivity index (χ3v) is 5.70. The van der Waals surface area contributed by atoms with Gasteiger partial charge in [0.05, 0.1) is 19.6 Å². The number of fused-ring (bicyclic) bond motifs is 3. The number of allylic oxidation sites excluding steroid dienone is 1. The van der Waals surface area contributed by atoms with E-state index in [4.69, 9.17) is 9.47 Å². The molecule has 4 rings (SSSR count). The second-order valence-corrected chi connectivity index (χ2v) is 7.73. The first kappa shape index (κ1) is 21.4. The fourth-order valence-electron chi connectivity index (χ4n) is 4.29. The Morgan fingerprint density at radius 1 is 0.862 bits per heavy atom. The third kappa shape index (κ3) is 3.66. The van der Waals surface area contributed by atoms with Crippen molar-refractivity contribution in [1.82, 2.24) is 0 Å². The third-order valence-electron chi connectivity index (χ3n) is 5.70. The first-order chi connectivity index (χ1) is 13.5. The summed E-state index contributed by atoms with van der Waals surface area (Å²) in [5.41, 5.74) is 4.88. The van der Waals surface area contributed by atoms with Crippen molar-refractivity contribution in [3.05, 3.63) is 71.8 Å². The molecule has 0 aliphatic carbocycles. The minimum absolute atomic E-state index is 0. The van der Waals surface area contributed by atoms with Crippen LogP contribution in [0.4, 0.5) is 5.69 Å². The molecule has 0 atom stereocenters. The highest BCUT2D eigenvalue weighted by molar-refractivity contribution is 6.09. The Balaban J connectivity index is 0.00000240. The summed E-state index contributed by atoms with van der Waals surface area (Å²) in [6, 6.07) is 19.0. The Bertz CT molecular complexity index is 1110. The van der Waals surface area contributed by atoms with E-state index in [2.05, 4.69) is 74.0 Å². The van der Waals surface area contributed by atoms with Gasteiger partial charge >= 0.3 is 0 Å². The zero-order chi connectivity index (χ0) is 19.9. The molecule has 3 aromatic carbocycles. The standard InChI is InChI=1S/C25H26NO2.HI/c1-25(2)23(13-10-17-14-19(27-4)16-20(15-17)28-5)26(3)22-12-11-18-8-6-7-9-21(18)24(22)25;/h6-16H,1-5H3;1H/q+1;/p-1/b13-10+;. The van der Waals surface area contributed by atoms with Crippen LogP contribution in [0.25, 0.3) is 16.8 Å². The number of hydrogen-bond acceptors (Lipinski definition) is 2. The van der Waals surface area contributed by atoms with Gasteiger partial charge in [0.15, 0.2) is 5.71 Å². The lowest BCUT2D eigenvalue weighted by molar-refractivity contribution is -0.401. The molecule has 0 fully saturated rings. The molecule has 4 heteroatoms. The monoisotopic (exact) mass is 499 g/mol. The molecule has 0 saturated heterocycles. The summed E-state index contributed by atoms with van der Waals surface area (Å²) in [5.74, 6) is 1.58.